The molecule has 7 heteroatoms. The number of benzene rings is 1. The zero-order chi connectivity index (χ0) is 14.4. The van der Waals surface area contributed by atoms with E-state index in [-0.39, 0.29) is 18.9 Å². The van der Waals surface area contributed by atoms with Crippen LogP contribution in [-0.4, -0.2) is 27.3 Å². The van der Waals surface area contributed by atoms with E-state index in [2.05, 4.69) is 15.5 Å². The minimum atomic E-state index is -0.109. The second-order valence-electron chi connectivity index (χ2n) is 4.27. The molecule has 0 spiro atoms. The van der Waals surface area contributed by atoms with E-state index in [1.807, 2.05) is 19.2 Å². The van der Waals surface area contributed by atoms with Crippen molar-refractivity contribution in [3.05, 3.63) is 36.4 Å². The summed E-state index contributed by atoms with van der Waals surface area (Å²) in [5.41, 5.74) is 6.30. The largest absolute Gasteiger partial charge is 0.491 e. The number of aromatic nitrogens is 3. The third-order valence-corrected chi connectivity index (χ3v) is 2.75. The van der Waals surface area contributed by atoms with Crippen LogP contribution in [-0.2, 0) is 18.4 Å². The summed E-state index contributed by atoms with van der Waals surface area (Å²) in [5.74, 6) is 1.18. The Bertz CT molecular complexity index is 582. The minimum absolute atomic E-state index is 0.109. The number of anilines is 1. The number of nitrogens with zero attached hydrogens (tertiary/aromatic N) is 3. The Kier molecular flexibility index (Phi) is 4.54. The lowest BCUT2D eigenvalue weighted by Crippen LogP contribution is -2.25. The van der Waals surface area contributed by atoms with E-state index in [1.165, 1.54) is 0 Å². The van der Waals surface area contributed by atoms with Crippen molar-refractivity contribution in [3.63, 3.8) is 0 Å². The zero-order valence-corrected chi connectivity index (χ0v) is 11.2. The van der Waals surface area contributed by atoms with Gasteiger partial charge in [-0.1, -0.05) is 12.1 Å². The van der Waals surface area contributed by atoms with Gasteiger partial charge in [-0.05, 0) is 12.1 Å². The zero-order valence-electron chi connectivity index (χ0n) is 11.2. The molecule has 20 heavy (non-hydrogen) atoms. The van der Waals surface area contributed by atoms with Crippen molar-refractivity contribution >= 4 is 11.6 Å². The first-order valence-corrected chi connectivity index (χ1v) is 6.23. The molecule has 0 atom stereocenters. The van der Waals surface area contributed by atoms with Gasteiger partial charge in [-0.2, -0.15) is 0 Å². The standard InChI is InChI=1S/C13H17N5O2/c1-18-9-16-17-12(18)8-15-13(19)6-7-20-11-5-3-2-4-10(11)14/h2-5,9H,6-8,14H2,1H3,(H,15,19). The summed E-state index contributed by atoms with van der Waals surface area (Å²) < 4.78 is 7.20. The maximum absolute atomic E-state index is 11.6. The van der Waals surface area contributed by atoms with Crippen LogP contribution in [0.25, 0.3) is 0 Å². The van der Waals surface area contributed by atoms with Gasteiger partial charge in [0.1, 0.15) is 12.1 Å². The summed E-state index contributed by atoms with van der Waals surface area (Å²) >= 11 is 0. The van der Waals surface area contributed by atoms with Gasteiger partial charge in [-0.3, -0.25) is 4.79 Å². The number of aryl methyl sites for hydroxylation is 1. The minimum Gasteiger partial charge on any atom is -0.491 e. The van der Waals surface area contributed by atoms with Crippen LogP contribution in [0.15, 0.2) is 30.6 Å². The normalized spacial score (nSPS) is 10.2. The first kappa shape index (κ1) is 13.9. The number of nitrogens with one attached hydrogen (secondary N) is 1. The fourth-order valence-corrected chi connectivity index (χ4v) is 1.60. The predicted octanol–water partition coefficient (Wildman–Crippen LogP) is 0.483. The third-order valence-electron chi connectivity index (χ3n) is 2.75. The molecule has 106 valence electrons. The van der Waals surface area contributed by atoms with Crippen LogP contribution < -0.4 is 15.8 Å². The summed E-state index contributed by atoms with van der Waals surface area (Å²) in [6.07, 6.45) is 1.84. The van der Waals surface area contributed by atoms with E-state index in [0.29, 0.717) is 23.8 Å². The molecule has 2 aromatic rings. The molecule has 0 aliphatic rings. The lowest BCUT2D eigenvalue weighted by Gasteiger charge is -2.08. The number of carbonyl (C=O) groups is 1. The molecule has 0 saturated carbocycles. The average molecular weight is 275 g/mol. The van der Waals surface area contributed by atoms with Gasteiger partial charge in [0.2, 0.25) is 5.91 Å². The highest BCUT2D eigenvalue weighted by Crippen LogP contribution is 2.19. The summed E-state index contributed by atoms with van der Waals surface area (Å²) in [7, 11) is 1.82. The summed E-state index contributed by atoms with van der Waals surface area (Å²) in [4.78, 5) is 11.6. The van der Waals surface area contributed by atoms with Crippen molar-refractivity contribution in [1.82, 2.24) is 20.1 Å². The fourth-order valence-electron chi connectivity index (χ4n) is 1.60. The number of ether oxygens (including phenoxy) is 1. The van der Waals surface area contributed by atoms with Crippen LogP contribution in [0.4, 0.5) is 5.69 Å². The summed E-state index contributed by atoms with van der Waals surface area (Å²) in [6, 6.07) is 7.19. The quantitative estimate of drug-likeness (QED) is 0.748. The predicted molar refractivity (Wildman–Crippen MR) is 73.8 cm³/mol. The molecular formula is C13H17N5O2. The molecular weight excluding hydrogens is 258 g/mol. The first-order valence-electron chi connectivity index (χ1n) is 6.23. The number of hydrogen-bond acceptors (Lipinski definition) is 5. The van der Waals surface area contributed by atoms with E-state index in [1.54, 1.807) is 23.0 Å². The van der Waals surface area contributed by atoms with Crippen LogP contribution in [0.1, 0.15) is 12.2 Å². The maximum atomic E-state index is 11.6. The van der Waals surface area contributed by atoms with Gasteiger partial charge in [-0.15, -0.1) is 10.2 Å². The number of hydrogen-bond donors (Lipinski definition) is 2. The molecule has 0 saturated heterocycles. The number of nitrogens with two attached hydrogens (primary N) is 1. The van der Waals surface area contributed by atoms with E-state index in [4.69, 9.17) is 10.5 Å². The fraction of sp³-hybridized carbons (Fsp3) is 0.308. The van der Waals surface area contributed by atoms with Crippen molar-refractivity contribution in [2.24, 2.45) is 7.05 Å². The molecule has 0 aliphatic heterocycles. The molecule has 0 radical (unpaired) electrons. The van der Waals surface area contributed by atoms with E-state index in [0.717, 1.165) is 0 Å². The van der Waals surface area contributed by atoms with Gasteiger partial charge in [0, 0.05) is 7.05 Å². The van der Waals surface area contributed by atoms with Gasteiger partial charge in [0.15, 0.2) is 5.82 Å². The molecule has 0 unspecified atom stereocenters. The molecule has 0 fully saturated rings. The highest BCUT2D eigenvalue weighted by Gasteiger charge is 2.06. The molecule has 2 rings (SSSR count). The molecule has 1 amide bonds. The van der Waals surface area contributed by atoms with E-state index < -0.39 is 0 Å². The average Bonchev–Trinajstić information content (AvgIpc) is 2.84. The first-order chi connectivity index (χ1) is 9.66. The van der Waals surface area contributed by atoms with Crippen molar-refractivity contribution in [3.8, 4) is 5.75 Å². The number of amides is 1. The number of rotatable bonds is 6. The smallest absolute Gasteiger partial charge is 0.223 e. The second-order valence-corrected chi connectivity index (χ2v) is 4.27. The Morgan fingerprint density at radius 3 is 2.95 bits per heavy atom. The van der Waals surface area contributed by atoms with Gasteiger partial charge in [0.05, 0.1) is 25.3 Å². The van der Waals surface area contributed by atoms with Gasteiger partial charge >= 0.3 is 0 Å². The molecule has 0 aliphatic carbocycles. The van der Waals surface area contributed by atoms with Gasteiger partial charge in [0.25, 0.3) is 0 Å². The van der Waals surface area contributed by atoms with Crippen molar-refractivity contribution in [2.45, 2.75) is 13.0 Å². The number of nitrogen functional groups attached to an aromatic ring is 1. The molecule has 1 aromatic heterocycles. The summed E-state index contributed by atoms with van der Waals surface area (Å²) in [5, 5.41) is 10.4. The molecule has 1 heterocycles. The van der Waals surface area contributed by atoms with Crippen LogP contribution in [0, 0.1) is 0 Å². The highest BCUT2D eigenvalue weighted by molar-refractivity contribution is 5.75. The number of para-hydroxylation sites is 2. The third kappa shape index (κ3) is 3.71. The lowest BCUT2D eigenvalue weighted by molar-refractivity contribution is -0.121. The Hall–Kier alpha value is -2.57. The van der Waals surface area contributed by atoms with E-state index in [9.17, 15) is 4.79 Å². The Morgan fingerprint density at radius 2 is 2.25 bits per heavy atom. The Balaban J connectivity index is 1.71. The topological polar surface area (TPSA) is 95.1 Å². The summed E-state index contributed by atoms with van der Waals surface area (Å²) in [6.45, 7) is 0.627. The molecule has 3 N–H and O–H groups in total. The van der Waals surface area contributed by atoms with Crippen molar-refractivity contribution < 1.29 is 9.53 Å². The molecule has 0 bridgehead atoms. The number of carbonyl (C=O) groups excluding carboxylic acids is 1. The van der Waals surface area contributed by atoms with Crippen LogP contribution >= 0.6 is 0 Å². The van der Waals surface area contributed by atoms with Crippen LogP contribution in [0.5, 0.6) is 5.75 Å². The lowest BCUT2D eigenvalue weighted by atomic mass is 10.3. The maximum Gasteiger partial charge on any atom is 0.223 e. The molecule has 7 nitrogen and oxygen atoms in total. The van der Waals surface area contributed by atoms with Gasteiger partial charge < -0.3 is 20.4 Å². The van der Waals surface area contributed by atoms with E-state index >= 15 is 0 Å². The van der Waals surface area contributed by atoms with Crippen LogP contribution in [0.2, 0.25) is 0 Å². The van der Waals surface area contributed by atoms with Crippen molar-refractivity contribution in [2.75, 3.05) is 12.3 Å². The van der Waals surface area contributed by atoms with Gasteiger partial charge in [-0.25, -0.2) is 0 Å². The van der Waals surface area contributed by atoms with Crippen LogP contribution in [0.3, 0.4) is 0 Å². The Morgan fingerprint density at radius 1 is 1.45 bits per heavy atom. The Labute approximate surface area is 116 Å². The van der Waals surface area contributed by atoms with Crippen molar-refractivity contribution in [1.29, 1.82) is 0 Å². The highest BCUT2D eigenvalue weighted by atomic mass is 16.5. The molecule has 1 aromatic carbocycles. The SMILES string of the molecule is Cn1cnnc1CNC(=O)CCOc1ccccc1N. The second kappa shape index (κ2) is 6.55. The monoisotopic (exact) mass is 275 g/mol.